The Kier molecular flexibility index (Phi) is 7.28. The van der Waals surface area contributed by atoms with E-state index >= 15 is 0 Å². The summed E-state index contributed by atoms with van der Waals surface area (Å²) < 4.78 is 11.2. The smallest absolute Gasteiger partial charge is 0.220 e. The number of nitrogens with zero attached hydrogens (tertiary/aromatic N) is 1. The highest BCUT2D eigenvalue weighted by atomic mass is 16.5. The Labute approximate surface area is 155 Å². The van der Waals surface area contributed by atoms with Gasteiger partial charge in [0.25, 0.3) is 0 Å². The minimum Gasteiger partial charge on any atom is -0.493 e. The van der Waals surface area contributed by atoms with Gasteiger partial charge < -0.3 is 14.8 Å². The summed E-state index contributed by atoms with van der Waals surface area (Å²) in [6.45, 7) is 5.95. The lowest BCUT2D eigenvalue weighted by Crippen LogP contribution is -2.38. The summed E-state index contributed by atoms with van der Waals surface area (Å²) in [7, 11) is 0. The number of ether oxygens (including phenoxy) is 2. The highest BCUT2D eigenvalue weighted by molar-refractivity contribution is 5.88. The number of morpholine rings is 1. The van der Waals surface area contributed by atoms with Gasteiger partial charge in [0.05, 0.1) is 19.8 Å². The quantitative estimate of drug-likeness (QED) is 0.702. The van der Waals surface area contributed by atoms with E-state index < -0.39 is 0 Å². The molecule has 1 amide bonds. The molecule has 1 saturated heterocycles. The second-order valence-corrected chi connectivity index (χ2v) is 6.59. The zero-order valence-electron chi connectivity index (χ0n) is 15.3. The van der Waals surface area contributed by atoms with Gasteiger partial charge in [-0.2, -0.15) is 0 Å². The maximum Gasteiger partial charge on any atom is 0.220 e. The second kappa shape index (κ2) is 10.1. The van der Waals surface area contributed by atoms with Crippen LogP contribution in [0.4, 0.5) is 0 Å². The number of benzene rings is 2. The summed E-state index contributed by atoms with van der Waals surface area (Å²) in [5, 5.41) is 5.28. The lowest BCUT2D eigenvalue weighted by Gasteiger charge is -2.26. The summed E-state index contributed by atoms with van der Waals surface area (Å²) in [4.78, 5) is 14.3. The van der Waals surface area contributed by atoms with Gasteiger partial charge in [-0.25, -0.2) is 0 Å². The molecule has 0 radical (unpaired) electrons. The Morgan fingerprint density at radius 2 is 1.88 bits per heavy atom. The Hall–Kier alpha value is -2.11. The zero-order valence-corrected chi connectivity index (χ0v) is 15.3. The van der Waals surface area contributed by atoms with E-state index in [0.29, 0.717) is 13.0 Å². The third-order valence-electron chi connectivity index (χ3n) is 4.63. The number of carbonyl (C=O) groups is 1. The van der Waals surface area contributed by atoms with Crippen LogP contribution in [0.1, 0.15) is 19.3 Å². The van der Waals surface area contributed by atoms with Crippen LogP contribution < -0.4 is 10.1 Å². The second-order valence-electron chi connectivity index (χ2n) is 6.59. The summed E-state index contributed by atoms with van der Waals surface area (Å²) in [5.74, 6) is 0.988. The standard InChI is InChI=1S/C21H28N2O3/c24-21(22-11-5-12-23-13-16-25-17-14-23)10-4-15-26-20-9-3-7-18-6-1-2-8-19(18)20/h1-3,6-9H,4-5,10-17H2,(H,22,24). The summed E-state index contributed by atoms with van der Waals surface area (Å²) in [6, 6.07) is 14.2. The van der Waals surface area contributed by atoms with Crippen LogP contribution in [0.15, 0.2) is 42.5 Å². The van der Waals surface area contributed by atoms with Crippen molar-refractivity contribution in [1.82, 2.24) is 10.2 Å². The van der Waals surface area contributed by atoms with Crippen molar-refractivity contribution in [1.29, 1.82) is 0 Å². The molecule has 1 N–H and O–H groups in total. The Morgan fingerprint density at radius 1 is 1.08 bits per heavy atom. The number of amides is 1. The van der Waals surface area contributed by atoms with Gasteiger partial charge in [-0.05, 0) is 30.8 Å². The lowest BCUT2D eigenvalue weighted by atomic mass is 10.1. The first kappa shape index (κ1) is 18.7. The molecule has 26 heavy (non-hydrogen) atoms. The number of nitrogens with one attached hydrogen (secondary N) is 1. The van der Waals surface area contributed by atoms with Crippen molar-refractivity contribution >= 4 is 16.7 Å². The number of rotatable bonds is 9. The lowest BCUT2D eigenvalue weighted by molar-refractivity contribution is -0.121. The molecule has 2 aromatic rings. The van der Waals surface area contributed by atoms with Gasteiger partial charge >= 0.3 is 0 Å². The van der Waals surface area contributed by atoms with Gasteiger partial charge in [-0.15, -0.1) is 0 Å². The van der Waals surface area contributed by atoms with E-state index in [0.717, 1.165) is 63.4 Å². The van der Waals surface area contributed by atoms with Crippen LogP contribution in [-0.4, -0.2) is 56.8 Å². The molecule has 5 nitrogen and oxygen atoms in total. The van der Waals surface area contributed by atoms with Crippen LogP contribution in [0, 0.1) is 0 Å². The van der Waals surface area contributed by atoms with Crippen LogP contribution in [0.5, 0.6) is 5.75 Å². The molecule has 140 valence electrons. The van der Waals surface area contributed by atoms with E-state index in [9.17, 15) is 4.79 Å². The van der Waals surface area contributed by atoms with Gasteiger partial charge in [0.2, 0.25) is 5.91 Å². The number of fused-ring (bicyclic) bond motifs is 1. The topological polar surface area (TPSA) is 50.8 Å². The van der Waals surface area contributed by atoms with E-state index in [1.807, 2.05) is 24.3 Å². The van der Waals surface area contributed by atoms with E-state index in [1.54, 1.807) is 0 Å². The summed E-state index contributed by atoms with van der Waals surface area (Å²) in [6.07, 6.45) is 2.21. The number of hydrogen-bond donors (Lipinski definition) is 1. The van der Waals surface area contributed by atoms with E-state index in [2.05, 4.69) is 28.4 Å². The molecule has 5 heteroatoms. The van der Waals surface area contributed by atoms with Gasteiger partial charge in [-0.1, -0.05) is 36.4 Å². The van der Waals surface area contributed by atoms with Crippen LogP contribution >= 0.6 is 0 Å². The monoisotopic (exact) mass is 356 g/mol. The molecule has 0 bridgehead atoms. The van der Waals surface area contributed by atoms with Gasteiger partial charge in [0.15, 0.2) is 0 Å². The molecule has 0 aromatic heterocycles. The molecular formula is C21H28N2O3. The fourth-order valence-electron chi connectivity index (χ4n) is 3.18. The SMILES string of the molecule is O=C(CCCOc1cccc2ccccc12)NCCCN1CCOCC1. The molecule has 1 aliphatic heterocycles. The van der Waals surface area contributed by atoms with Crippen molar-refractivity contribution in [3.8, 4) is 5.75 Å². The van der Waals surface area contributed by atoms with Crippen molar-refractivity contribution in [2.75, 3.05) is 46.0 Å². The highest BCUT2D eigenvalue weighted by Gasteiger charge is 2.09. The first-order valence-corrected chi connectivity index (χ1v) is 9.50. The molecular weight excluding hydrogens is 328 g/mol. The van der Waals surface area contributed by atoms with Gasteiger partial charge in [-0.3, -0.25) is 9.69 Å². The van der Waals surface area contributed by atoms with Crippen molar-refractivity contribution in [2.24, 2.45) is 0 Å². The number of hydrogen-bond acceptors (Lipinski definition) is 4. The van der Waals surface area contributed by atoms with Crippen molar-refractivity contribution in [3.63, 3.8) is 0 Å². The fraction of sp³-hybridized carbons (Fsp3) is 0.476. The molecule has 0 atom stereocenters. The maximum atomic E-state index is 11.9. The van der Waals surface area contributed by atoms with Crippen molar-refractivity contribution < 1.29 is 14.3 Å². The fourth-order valence-corrected chi connectivity index (χ4v) is 3.18. The number of carbonyl (C=O) groups excluding carboxylic acids is 1. The average molecular weight is 356 g/mol. The van der Waals surface area contributed by atoms with Crippen LogP contribution in [0.3, 0.4) is 0 Å². The minimum absolute atomic E-state index is 0.105. The summed E-state index contributed by atoms with van der Waals surface area (Å²) >= 11 is 0. The third kappa shape index (κ3) is 5.71. The molecule has 2 aromatic carbocycles. The Bertz CT molecular complexity index is 693. The van der Waals surface area contributed by atoms with Crippen LogP contribution in [0.2, 0.25) is 0 Å². The molecule has 3 rings (SSSR count). The molecule has 1 aliphatic rings. The third-order valence-corrected chi connectivity index (χ3v) is 4.63. The first-order chi connectivity index (χ1) is 12.8. The minimum atomic E-state index is 0.105. The highest BCUT2D eigenvalue weighted by Crippen LogP contribution is 2.25. The van der Waals surface area contributed by atoms with E-state index in [1.165, 1.54) is 5.39 Å². The molecule has 1 heterocycles. The van der Waals surface area contributed by atoms with Crippen LogP contribution in [0.25, 0.3) is 10.8 Å². The normalized spacial score (nSPS) is 15.1. The van der Waals surface area contributed by atoms with Gasteiger partial charge in [0, 0.05) is 31.4 Å². The first-order valence-electron chi connectivity index (χ1n) is 9.50. The average Bonchev–Trinajstić information content (AvgIpc) is 2.69. The van der Waals surface area contributed by atoms with Crippen LogP contribution in [-0.2, 0) is 9.53 Å². The predicted molar refractivity (Wildman–Crippen MR) is 104 cm³/mol. The molecule has 0 spiro atoms. The molecule has 1 fully saturated rings. The molecule has 0 unspecified atom stereocenters. The largest absolute Gasteiger partial charge is 0.493 e. The van der Waals surface area contributed by atoms with Crippen molar-refractivity contribution in [3.05, 3.63) is 42.5 Å². The Morgan fingerprint density at radius 3 is 2.77 bits per heavy atom. The Balaban J connectivity index is 1.29. The van der Waals surface area contributed by atoms with E-state index in [4.69, 9.17) is 9.47 Å². The van der Waals surface area contributed by atoms with Crippen molar-refractivity contribution in [2.45, 2.75) is 19.3 Å². The van der Waals surface area contributed by atoms with E-state index in [-0.39, 0.29) is 5.91 Å². The summed E-state index contributed by atoms with van der Waals surface area (Å²) in [5.41, 5.74) is 0. The zero-order chi connectivity index (χ0) is 18.0. The molecule has 0 saturated carbocycles. The van der Waals surface area contributed by atoms with Gasteiger partial charge in [0.1, 0.15) is 5.75 Å². The maximum absolute atomic E-state index is 11.9. The molecule has 0 aliphatic carbocycles. The predicted octanol–water partition coefficient (Wildman–Crippen LogP) is 2.84.